The molecule has 2 aliphatic carbocycles. The third-order valence-electron chi connectivity index (χ3n) is 6.10. The molecule has 0 amide bonds. The molecule has 2 aromatic rings. The highest BCUT2D eigenvalue weighted by Crippen LogP contribution is 2.43. The first-order chi connectivity index (χ1) is 13.1. The van der Waals surface area contributed by atoms with Crippen LogP contribution in [0.4, 0.5) is 5.69 Å². The summed E-state index contributed by atoms with van der Waals surface area (Å²) in [4.78, 5) is 0. The summed E-state index contributed by atoms with van der Waals surface area (Å²) in [7, 11) is 0. The lowest BCUT2D eigenvalue weighted by Gasteiger charge is -2.16. The van der Waals surface area contributed by atoms with Crippen LogP contribution in [-0.4, -0.2) is 5.75 Å². The fourth-order valence-electron chi connectivity index (χ4n) is 4.19. The second-order valence-electron chi connectivity index (χ2n) is 8.29. The lowest BCUT2D eigenvalue weighted by molar-refractivity contribution is 0.685. The van der Waals surface area contributed by atoms with Crippen molar-refractivity contribution in [3.05, 3.63) is 69.1 Å². The van der Waals surface area contributed by atoms with Gasteiger partial charge in [0.15, 0.2) is 0 Å². The van der Waals surface area contributed by atoms with Gasteiger partial charge in [0.2, 0.25) is 0 Å². The zero-order valence-corrected chi connectivity index (χ0v) is 17.5. The molecule has 0 unspecified atom stereocenters. The average Bonchev–Trinajstić information content (AvgIpc) is 3.52. The molecule has 1 nitrogen and oxygen atoms in total. The minimum absolute atomic E-state index is 0.765. The predicted octanol–water partition coefficient (Wildman–Crippen LogP) is 6.67. The molecule has 27 heavy (non-hydrogen) atoms. The number of benzene rings is 2. The van der Waals surface area contributed by atoms with Gasteiger partial charge in [-0.1, -0.05) is 24.3 Å². The highest BCUT2D eigenvalue weighted by Gasteiger charge is 2.26. The standard InChI is InChI=1S/C25H31NS/c1-17-13-23(24(15-25(17)26)20-8-9-20)11-12-27-16-18(2)21-10-7-19-5-3-4-6-22(19)14-21/h7,10,13-16,20H,3-6,8-9,11-12,26H2,1-2H3/b18-16+. The predicted molar refractivity (Wildman–Crippen MR) is 120 cm³/mol. The molecule has 0 aliphatic heterocycles. The van der Waals surface area contributed by atoms with Crippen molar-refractivity contribution < 1.29 is 0 Å². The monoisotopic (exact) mass is 377 g/mol. The number of hydrogen-bond acceptors (Lipinski definition) is 2. The number of thioether (sulfide) groups is 1. The molecule has 0 atom stereocenters. The van der Waals surface area contributed by atoms with Crippen molar-refractivity contribution in [3.8, 4) is 0 Å². The lowest BCUT2D eigenvalue weighted by atomic mass is 9.89. The van der Waals surface area contributed by atoms with Crippen molar-refractivity contribution in [2.24, 2.45) is 0 Å². The van der Waals surface area contributed by atoms with Crippen LogP contribution < -0.4 is 5.73 Å². The first kappa shape index (κ1) is 18.7. The Morgan fingerprint density at radius 2 is 1.89 bits per heavy atom. The maximum atomic E-state index is 6.15. The van der Waals surface area contributed by atoms with Crippen molar-refractivity contribution in [2.75, 3.05) is 11.5 Å². The number of rotatable bonds is 6. The summed E-state index contributed by atoms with van der Waals surface area (Å²) in [6.07, 6.45) is 9.01. The van der Waals surface area contributed by atoms with Gasteiger partial charge in [-0.2, -0.15) is 0 Å². The number of nitrogen functional groups attached to an aromatic ring is 1. The van der Waals surface area contributed by atoms with Gasteiger partial charge in [0.05, 0.1) is 0 Å². The van der Waals surface area contributed by atoms with E-state index >= 15 is 0 Å². The molecule has 0 spiro atoms. The summed E-state index contributed by atoms with van der Waals surface area (Å²) in [6, 6.07) is 11.6. The van der Waals surface area contributed by atoms with Gasteiger partial charge in [-0.15, -0.1) is 11.8 Å². The Kier molecular flexibility index (Phi) is 5.63. The van der Waals surface area contributed by atoms with Gasteiger partial charge < -0.3 is 5.73 Å². The van der Waals surface area contributed by atoms with Crippen molar-refractivity contribution in [3.63, 3.8) is 0 Å². The summed E-state index contributed by atoms with van der Waals surface area (Å²) >= 11 is 1.95. The topological polar surface area (TPSA) is 26.0 Å². The highest BCUT2D eigenvalue weighted by molar-refractivity contribution is 8.02. The molecule has 1 saturated carbocycles. The molecular formula is C25H31NS. The second kappa shape index (κ2) is 8.14. The SMILES string of the molecule is C/C(=C\SCCc1cc(C)c(N)cc1C1CC1)c1ccc2c(c1)CCCC2. The van der Waals surface area contributed by atoms with Crippen LogP contribution in [0.15, 0.2) is 35.7 Å². The smallest absolute Gasteiger partial charge is 0.0346 e. The number of aryl methyl sites for hydroxylation is 4. The van der Waals surface area contributed by atoms with E-state index in [-0.39, 0.29) is 0 Å². The van der Waals surface area contributed by atoms with Gasteiger partial charge in [-0.05, 0) is 115 Å². The molecule has 2 N–H and O–H groups in total. The summed E-state index contributed by atoms with van der Waals surface area (Å²) in [5.74, 6) is 1.89. The maximum absolute atomic E-state index is 6.15. The van der Waals surface area contributed by atoms with Gasteiger partial charge in [-0.3, -0.25) is 0 Å². The van der Waals surface area contributed by atoms with E-state index < -0.39 is 0 Å². The van der Waals surface area contributed by atoms with Gasteiger partial charge in [0.1, 0.15) is 0 Å². The molecule has 2 heteroatoms. The first-order valence-corrected chi connectivity index (χ1v) is 11.5. The fourth-order valence-corrected chi connectivity index (χ4v) is 5.03. The summed E-state index contributed by atoms with van der Waals surface area (Å²) in [5.41, 5.74) is 17.3. The molecule has 0 heterocycles. The molecule has 2 aliphatic rings. The Morgan fingerprint density at radius 1 is 1.11 bits per heavy atom. The summed E-state index contributed by atoms with van der Waals surface area (Å²) < 4.78 is 0. The van der Waals surface area contributed by atoms with Crippen molar-refractivity contribution in [1.82, 2.24) is 0 Å². The number of anilines is 1. The van der Waals surface area contributed by atoms with Crippen LogP contribution in [0, 0.1) is 6.92 Å². The van der Waals surface area contributed by atoms with Gasteiger partial charge in [-0.25, -0.2) is 0 Å². The Hall–Kier alpha value is -1.67. The van der Waals surface area contributed by atoms with Crippen LogP contribution in [0.2, 0.25) is 0 Å². The highest BCUT2D eigenvalue weighted by atomic mass is 32.2. The molecular weight excluding hydrogens is 346 g/mol. The van der Waals surface area contributed by atoms with E-state index in [2.05, 4.69) is 49.6 Å². The van der Waals surface area contributed by atoms with E-state index in [9.17, 15) is 0 Å². The molecule has 0 radical (unpaired) electrons. The Labute approximate surface area is 168 Å². The molecule has 4 rings (SSSR count). The first-order valence-electron chi connectivity index (χ1n) is 10.4. The molecule has 2 aromatic carbocycles. The minimum Gasteiger partial charge on any atom is -0.399 e. The van der Waals surface area contributed by atoms with Crippen LogP contribution in [0.1, 0.15) is 71.9 Å². The van der Waals surface area contributed by atoms with Gasteiger partial charge in [0, 0.05) is 11.4 Å². The number of fused-ring (bicyclic) bond motifs is 1. The second-order valence-corrected chi connectivity index (χ2v) is 9.27. The fraction of sp³-hybridized carbons (Fsp3) is 0.440. The Balaban J connectivity index is 1.39. The quantitative estimate of drug-likeness (QED) is 0.449. The normalized spacial score (nSPS) is 17.0. The third kappa shape index (κ3) is 4.43. The van der Waals surface area contributed by atoms with E-state index in [1.165, 1.54) is 66.4 Å². The number of nitrogens with two attached hydrogens (primary N) is 1. The van der Waals surface area contributed by atoms with Crippen molar-refractivity contribution >= 4 is 23.0 Å². The molecule has 0 aromatic heterocycles. The van der Waals surface area contributed by atoms with E-state index in [0.717, 1.165) is 23.8 Å². The summed E-state index contributed by atoms with van der Waals surface area (Å²) in [5, 5.41) is 2.35. The lowest BCUT2D eigenvalue weighted by Crippen LogP contribution is -2.02. The molecule has 0 bridgehead atoms. The zero-order valence-electron chi connectivity index (χ0n) is 16.7. The zero-order chi connectivity index (χ0) is 18.8. The summed E-state index contributed by atoms with van der Waals surface area (Å²) in [6.45, 7) is 4.38. The van der Waals surface area contributed by atoms with Crippen LogP contribution >= 0.6 is 11.8 Å². The van der Waals surface area contributed by atoms with E-state index in [4.69, 9.17) is 5.73 Å². The molecule has 1 fully saturated rings. The molecule has 142 valence electrons. The average molecular weight is 378 g/mol. The van der Waals surface area contributed by atoms with E-state index in [0.29, 0.717) is 0 Å². The Bertz CT molecular complexity index is 861. The number of allylic oxidation sites excluding steroid dienone is 1. The minimum atomic E-state index is 0.765. The van der Waals surface area contributed by atoms with Crippen LogP contribution in [-0.2, 0) is 19.3 Å². The molecule has 0 saturated heterocycles. The van der Waals surface area contributed by atoms with E-state index in [1.54, 1.807) is 11.1 Å². The third-order valence-corrected chi connectivity index (χ3v) is 7.06. The van der Waals surface area contributed by atoms with E-state index in [1.807, 2.05) is 11.8 Å². The van der Waals surface area contributed by atoms with Crippen LogP contribution in [0.3, 0.4) is 0 Å². The van der Waals surface area contributed by atoms with Crippen LogP contribution in [0.5, 0.6) is 0 Å². The number of hydrogen-bond donors (Lipinski definition) is 1. The van der Waals surface area contributed by atoms with Crippen molar-refractivity contribution in [1.29, 1.82) is 0 Å². The maximum Gasteiger partial charge on any atom is 0.0346 e. The van der Waals surface area contributed by atoms with Gasteiger partial charge >= 0.3 is 0 Å². The largest absolute Gasteiger partial charge is 0.399 e. The van der Waals surface area contributed by atoms with Gasteiger partial charge in [0.25, 0.3) is 0 Å². The Morgan fingerprint density at radius 3 is 2.67 bits per heavy atom. The van der Waals surface area contributed by atoms with Crippen molar-refractivity contribution in [2.45, 2.75) is 64.7 Å². The van der Waals surface area contributed by atoms with Crippen LogP contribution in [0.25, 0.3) is 5.57 Å².